The third-order valence-electron chi connectivity index (χ3n) is 3.03. The van der Waals surface area contributed by atoms with E-state index in [1.165, 1.54) is 17.4 Å². The van der Waals surface area contributed by atoms with Crippen LogP contribution in [-0.4, -0.2) is 11.0 Å². The van der Waals surface area contributed by atoms with E-state index in [2.05, 4.69) is 41.5 Å². The molecule has 0 radical (unpaired) electrons. The standard InChI is InChI=1S/C13H14N2/c1-9-6-7-11-8-10-4-2-3-5-12(10)15-13(11)14-9/h2-5,8-9H,6-7H2,1H3,(H,14,15)/t9-/m1/s1. The maximum atomic E-state index is 4.66. The van der Waals surface area contributed by atoms with Gasteiger partial charge in [-0.25, -0.2) is 4.98 Å². The molecule has 0 fully saturated rings. The summed E-state index contributed by atoms with van der Waals surface area (Å²) in [6, 6.07) is 11.1. The number of anilines is 1. The van der Waals surface area contributed by atoms with Gasteiger partial charge in [-0.1, -0.05) is 18.2 Å². The average Bonchev–Trinajstić information content (AvgIpc) is 2.26. The molecule has 1 aromatic carbocycles. The second-order valence-corrected chi connectivity index (χ2v) is 4.27. The Balaban J connectivity index is 2.20. The van der Waals surface area contributed by atoms with Crippen molar-refractivity contribution in [3.63, 3.8) is 0 Å². The molecule has 0 spiro atoms. The van der Waals surface area contributed by atoms with E-state index < -0.39 is 0 Å². The van der Waals surface area contributed by atoms with Gasteiger partial charge in [0.15, 0.2) is 0 Å². The largest absolute Gasteiger partial charge is 0.367 e. The number of nitrogens with one attached hydrogen (secondary N) is 1. The van der Waals surface area contributed by atoms with Crippen LogP contribution in [0.15, 0.2) is 30.3 Å². The maximum absolute atomic E-state index is 4.66. The third-order valence-corrected chi connectivity index (χ3v) is 3.03. The van der Waals surface area contributed by atoms with Crippen LogP contribution in [0.1, 0.15) is 18.9 Å². The predicted octanol–water partition coefficient (Wildman–Crippen LogP) is 2.98. The Kier molecular flexibility index (Phi) is 1.88. The molecule has 1 aromatic heterocycles. The topological polar surface area (TPSA) is 24.9 Å². The molecular formula is C13H14N2. The van der Waals surface area contributed by atoms with Gasteiger partial charge < -0.3 is 5.32 Å². The fourth-order valence-electron chi connectivity index (χ4n) is 2.15. The highest BCUT2D eigenvalue weighted by Crippen LogP contribution is 2.26. The fourth-order valence-corrected chi connectivity index (χ4v) is 2.15. The second kappa shape index (κ2) is 3.23. The number of aromatic nitrogens is 1. The van der Waals surface area contributed by atoms with Gasteiger partial charge in [0.2, 0.25) is 0 Å². The summed E-state index contributed by atoms with van der Waals surface area (Å²) in [5.41, 5.74) is 2.43. The first-order chi connectivity index (χ1) is 7.33. The predicted molar refractivity (Wildman–Crippen MR) is 63.1 cm³/mol. The summed E-state index contributed by atoms with van der Waals surface area (Å²) in [6.07, 6.45) is 2.34. The second-order valence-electron chi connectivity index (χ2n) is 4.27. The normalized spacial score (nSPS) is 19.7. The van der Waals surface area contributed by atoms with E-state index in [4.69, 9.17) is 0 Å². The molecule has 2 aromatic rings. The lowest BCUT2D eigenvalue weighted by molar-refractivity contribution is 0.675. The summed E-state index contributed by atoms with van der Waals surface area (Å²) < 4.78 is 0. The van der Waals surface area contributed by atoms with Gasteiger partial charge in [0.25, 0.3) is 0 Å². The zero-order valence-electron chi connectivity index (χ0n) is 8.83. The van der Waals surface area contributed by atoms with Gasteiger partial charge in [-0.15, -0.1) is 0 Å². The molecular weight excluding hydrogens is 184 g/mol. The number of nitrogens with zero attached hydrogens (tertiary/aromatic N) is 1. The van der Waals surface area contributed by atoms with Crippen molar-refractivity contribution in [3.05, 3.63) is 35.9 Å². The van der Waals surface area contributed by atoms with Crippen LogP contribution in [0.4, 0.5) is 5.82 Å². The van der Waals surface area contributed by atoms with Crippen LogP contribution in [0.5, 0.6) is 0 Å². The number of hydrogen-bond donors (Lipinski definition) is 1. The molecule has 76 valence electrons. The van der Waals surface area contributed by atoms with Crippen LogP contribution >= 0.6 is 0 Å². The van der Waals surface area contributed by atoms with Gasteiger partial charge in [0.05, 0.1) is 5.52 Å². The van der Waals surface area contributed by atoms with E-state index in [1.54, 1.807) is 0 Å². The molecule has 0 saturated carbocycles. The lowest BCUT2D eigenvalue weighted by atomic mass is 10.0. The molecule has 0 amide bonds. The molecule has 1 aliphatic rings. The molecule has 0 unspecified atom stereocenters. The van der Waals surface area contributed by atoms with E-state index in [-0.39, 0.29) is 0 Å². The van der Waals surface area contributed by atoms with Crippen molar-refractivity contribution in [2.24, 2.45) is 0 Å². The summed E-state index contributed by atoms with van der Waals surface area (Å²) in [5.74, 6) is 1.08. The Morgan fingerprint density at radius 1 is 1.33 bits per heavy atom. The van der Waals surface area contributed by atoms with Crippen molar-refractivity contribution in [1.29, 1.82) is 0 Å². The van der Waals surface area contributed by atoms with Gasteiger partial charge in [0.1, 0.15) is 5.82 Å². The van der Waals surface area contributed by atoms with Gasteiger partial charge in [-0.05, 0) is 37.5 Å². The van der Waals surface area contributed by atoms with Gasteiger partial charge in [-0.3, -0.25) is 0 Å². The first-order valence-corrected chi connectivity index (χ1v) is 5.48. The lowest BCUT2D eigenvalue weighted by Crippen LogP contribution is -2.22. The highest BCUT2D eigenvalue weighted by molar-refractivity contribution is 5.81. The van der Waals surface area contributed by atoms with E-state index in [9.17, 15) is 0 Å². The highest BCUT2D eigenvalue weighted by atomic mass is 15.0. The molecule has 2 heterocycles. The lowest BCUT2D eigenvalue weighted by Gasteiger charge is -2.23. The van der Waals surface area contributed by atoms with Gasteiger partial charge in [-0.2, -0.15) is 0 Å². The molecule has 2 nitrogen and oxygen atoms in total. The Morgan fingerprint density at radius 3 is 3.13 bits per heavy atom. The Bertz CT molecular complexity index is 505. The van der Waals surface area contributed by atoms with Crippen molar-refractivity contribution >= 4 is 16.7 Å². The Morgan fingerprint density at radius 2 is 2.20 bits per heavy atom. The molecule has 0 saturated heterocycles. The fraction of sp³-hybridized carbons (Fsp3) is 0.308. The van der Waals surface area contributed by atoms with Crippen LogP contribution < -0.4 is 5.32 Å². The van der Waals surface area contributed by atoms with Crippen molar-refractivity contribution in [3.8, 4) is 0 Å². The zero-order valence-corrected chi connectivity index (χ0v) is 8.83. The van der Waals surface area contributed by atoms with E-state index in [1.807, 2.05) is 6.07 Å². The summed E-state index contributed by atoms with van der Waals surface area (Å²) in [7, 11) is 0. The zero-order chi connectivity index (χ0) is 10.3. The minimum Gasteiger partial charge on any atom is -0.367 e. The smallest absolute Gasteiger partial charge is 0.130 e. The molecule has 0 aliphatic carbocycles. The van der Waals surface area contributed by atoms with Crippen molar-refractivity contribution in [1.82, 2.24) is 4.98 Å². The van der Waals surface area contributed by atoms with Crippen molar-refractivity contribution in [2.75, 3.05) is 5.32 Å². The minimum absolute atomic E-state index is 0.547. The number of hydrogen-bond acceptors (Lipinski definition) is 2. The number of aryl methyl sites for hydroxylation is 1. The molecule has 1 aliphatic heterocycles. The monoisotopic (exact) mass is 198 g/mol. The van der Waals surface area contributed by atoms with Crippen LogP contribution in [0.3, 0.4) is 0 Å². The average molecular weight is 198 g/mol. The van der Waals surface area contributed by atoms with E-state index in [0.29, 0.717) is 6.04 Å². The number of para-hydroxylation sites is 1. The number of pyridine rings is 1. The summed E-state index contributed by atoms with van der Waals surface area (Å²) >= 11 is 0. The Hall–Kier alpha value is -1.57. The van der Waals surface area contributed by atoms with Gasteiger partial charge in [0, 0.05) is 11.4 Å². The molecule has 0 bridgehead atoms. The summed E-state index contributed by atoms with van der Waals surface area (Å²) in [5, 5.41) is 4.68. The molecule has 2 heteroatoms. The van der Waals surface area contributed by atoms with Crippen LogP contribution in [0, 0.1) is 0 Å². The molecule has 15 heavy (non-hydrogen) atoms. The summed E-state index contributed by atoms with van der Waals surface area (Å²) in [6.45, 7) is 2.21. The minimum atomic E-state index is 0.547. The maximum Gasteiger partial charge on any atom is 0.130 e. The van der Waals surface area contributed by atoms with Crippen LogP contribution in [0.25, 0.3) is 10.9 Å². The first kappa shape index (κ1) is 8.72. The van der Waals surface area contributed by atoms with Crippen LogP contribution in [-0.2, 0) is 6.42 Å². The van der Waals surface area contributed by atoms with E-state index in [0.717, 1.165) is 17.8 Å². The SMILES string of the molecule is C[C@@H]1CCc2cc3ccccc3nc2N1. The van der Waals surface area contributed by atoms with Crippen molar-refractivity contribution in [2.45, 2.75) is 25.8 Å². The molecule has 3 rings (SSSR count). The highest BCUT2D eigenvalue weighted by Gasteiger charge is 2.15. The van der Waals surface area contributed by atoms with Crippen molar-refractivity contribution < 1.29 is 0 Å². The third kappa shape index (κ3) is 1.46. The Labute approximate surface area is 89.3 Å². The first-order valence-electron chi connectivity index (χ1n) is 5.48. The number of fused-ring (bicyclic) bond motifs is 2. The van der Waals surface area contributed by atoms with Crippen LogP contribution in [0.2, 0.25) is 0 Å². The molecule has 1 atom stereocenters. The molecule has 1 N–H and O–H groups in total. The quantitative estimate of drug-likeness (QED) is 0.704. The van der Waals surface area contributed by atoms with Gasteiger partial charge >= 0.3 is 0 Å². The number of benzene rings is 1. The number of rotatable bonds is 0. The summed E-state index contributed by atoms with van der Waals surface area (Å²) in [4.78, 5) is 4.66. The van der Waals surface area contributed by atoms with E-state index >= 15 is 0 Å².